The molecule has 3 fully saturated rings. The lowest BCUT2D eigenvalue weighted by molar-refractivity contribution is -0.159. The molecule has 1 aromatic carbocycles. The summed E-state index contributed by atoms with van der Waals surface area (Å²) in [7, 11) is 0. The van der Waals surface area contributed by atoms with E-state index in [-0.39, 0.29) is 38.2 Å². The van der Waals surface area contributed by atoms with Crippen LogP contribution in [0.1, 0.15) is 33.1 Å². The third-order valence-corrected chi connectivity index (χ3v) is 7.45. The Morgan fingerprint density at radius 2 is 2.12 bits per heavy atom. The van der Waals surface area contributed by atoms with Crippen molar-refractivity contribution in [3.63, 3.8) is 0 Å². The molecule has 3 saturated heterocycles. The number of esters is 1. The second-order valence-electron chi connectivity index (χ2n) is 9.37. The van der Waals surface area contributed by atoms with Crippen LogP contribution < -0.4 is 5.32 Å². The highest BCUT2D eigenvalue weighted by molar-refractivity contribution is 5.98. The third-order valence-electron chi connectivity index (χ3n) is 7.45. The Morgan fingerprint density at radius 1 is 1.32 bits per heavy atom. The summed E-state index contributed by atoms with van der Waals surface area (Å²) < 4.78 is 13.3. The molecule has 182 valence electrons. The number of fused-ring (bicyclic) bond motifs is 2. The fraction of sp³-hybridized carbons (Fsp3) is 0.609. The molecule has 2 unspecified atom stereocenters. The van der Waals surface area contributed by atoms with Crippen LogP contribution in [0.25, 0.3) is 11.0 Å². The molecule has 4 heterocycles. The second-order valence-corrected chi connectivity index (χ2v) is 9.37. The molecule has 5 atom stereocenters. The van der Waals surface area contributed by atoms with Gasteiger partial charge in [-0.3, -0.25) is 14.4 Å². The van der Waals surface area contributed by atoms with Gasteiger partial charge in [-0.25, -0.2) is 4.68 Å². The Morgan fingerprint density at radius 3 is 2.88 bits per heavy atom. The highest BCUT2D eigenvalue weighted by atomic mass is 16.6. The zero-order valence-electron chi connectivity index (χ0n) is 19.3. The maximum absolute atomic E-state index is 13.6. The number of nitrogens with one attached hydrogen (secondary N) is 1. The fourth-order valence-electron chi connectivity index (χ4n) is 6.08. The highest BCUT2D eigenvalue weighted by Gasteiger charge is 2.78. The summed E-state index contributed by atoms with van der Waals surface area (Å²) in [4.78, 5) is 41.6. The molecule has 11 heteroatoms. The van der Waals surface area contributed by atoms with Crippen LogP contribution >= 0.6 is 0 Å². The predicted molar refractivity (Wildman–Crippen MR) is 118 cm³/mol. The van der Waals surface area contributed by atoms with E-state index in [0.29, 0.717) is 24.8 Å². The number of carbonyl (C=O) groups excluding carboxylic acids is 3. The van der Waals surface area contributed by atoms with Gasteiger partial charge in [-0.05, 0) is 45.2 Å². The standard InChI is InChI=1S/C23H29N5O6/c1-3-33-21(32)17-16-20(31)27(11-6-12-29)18(23(16)10-9-22(17,2)34-23)19(30)24-13-28-15-8-5-4-7-14(15)25-26-28/h4-5,7-8,16-18,29H,3,6,9-13H2,1-2H3,(H,24,30)/t16-,17+,18?,22-,23?/m0/s1. The van der Waals surface area contributed by atoms with Gasteiger partial charge in [0.2, 0.25) is 11.8 Å². The number of hydrogen-bond donors (Lipinski definition) is 2. The molecule has 3 aliphatic rings. The number of likely N-dealkylation sites (tertiary alicyclic amines) is 1. The topological polar surface area (TPSA) is 136 Å². The number of benzene rings is 1. The molecule has 2 amide bonds. The molecule has 0 radical (unpaired) electrons. The van der Waals surface area contributed by atoms with Crippen LogP contribution in [0.3, 0.4) is 0 Å². The van der Waals surface area contributed by atoms with Crippen molar-refractivity contribution in [2.75, 3.05) is 19.8 Å². The second kappa shape index (κ2) is 8.31. The van der Waals surface area contributed by atoms with Crippen molar-refractivity contribution in [2.45, 2.75) is 57.0 Å². The molecule has 2 N–H and O–H groups in total. The predicted octanol–water partition coefficient (Wildman–Crippen LogP) is 0.215. The number of carbonyl (C=O) groups is 3. The van der Waals surface area contributed by atoms with E-state index in [9.17, 15) is 19.5 Å². The average Bonchev–Trinajstić information content (AvgIpc) is 3.52. The van der Waals surface area contributed by atoms with Gasteiger partial charge in [0.25, 0.3) is 0 Å². The van der Waals surface area contributed by atoms with Crippen molar-refractivity contribution in [2.24, 2.45) is 11.8 Å². The van der Waals surface area contributed by atoms with Gasteiger partial charge in [-0.2, -0.15) is 0 Å². The van der Waals surface area contributed by atoms with Gasteiger partial charge in [-0.1, -0.05) is 17.3 Å². The van der Waals surface area contributed by atoms with Crippen LogP contribution in [0.15, 0.2) is 24.3 Å². The molecule has 0 saturated carbocycles. The van der Waals surface area contributed by atoms with E-state index < -0.39 is 35.0 Å². The molecular formula is C23H29N5O6. The molecule has 1 spiro atoms. The van der Waals surface area contributed by atoms with Crippen molar-refractivity contribution < 1.29 is 29.0 Å². The number of amides is 2. The van der Waals surface area contributed by atoms with Crippen LogP contribution in [0, 0.1) is 11.8 Å². The van der Waals surface area contributed by atoms with Gasteiger partial charge >= 0.3 is 5.97 Å². The van der Waals surface area contributed by atoms with Crippen LogP contribution in [0.2, 0.25) is 0 Å². The lowest BCUT2D eigenvalue weighted by Gasteiger charge is -2.33. The summed E-state index contributed by atoms with van der Waals surface area (Å²) in [6, 6.07) is 6.48. The number of aliphatic hydroxyl groups is 1. The first kappa shape index (κ1) is 22.7. The Kier molecular flexibility index (Phi) is 5.56. The minimum Gasteiger partial charge on any atom is -0.466 e. The number of hydrogen-bond acceptors (Lipinski definition) is 8. The summed E-state index contributed by atoms with van der Waals surface area (Å²) in [5.41, 5.74) is -0.505. The van der Waals surface area contributed by atoms with Crippen LogP contribution in [0.5, 0.6) is 0 Å². The van der Waals surface area contributed by atoms with Crippen LogP contribution in [-0.2, 0) is 30.5 Å². The maximum atomic E-state index is 13.6. The van der Waals surface area contributed by atoms with Crippen molar-refractivity contribution in [3.8, 4) is 0 Å². The van der Waals surface area contributed by atoms with E-state index in [1.54, 1.807) is 11.6 Å². The first-order chi connectivity index (χ1) is 16.4. The SMILES string of the molecule is CCOC(=O)[C@H]1[C@H]2C(=O)N(CCCO)C(C(=O)NCn3nnc4ccccc43)C23CC[C@]1(C)O3. The van der Waals surface area contributed by atoms with E-state index in [1.807, 2.05) is 31.2 Å². The monoisotopic (exact) mass is 471 g/mol. The first-order valence-electron chi connectivity index (χ1n) is 11.7. The quantitative estimate of drug-likeness (QED) is 0.522. The molecule has 2 aromatic rings. The largest absolute Gasteiger partial charge is 0.466 e. The van der Waals surface area contributed by atoms with Crippen molar-refractivity contribution in [1.29, 1.82) is 0 Å². The summed E-state index contributed by atoms with van der Waals surface area (Å²) >= 11 is 0. The molecule has 11 nitrogen and oxygen atoms in total. The Labute approximate surface area is 196 Å². The van der Waals surface area contributed by atoms with E-state index in [0.717, 1.165) is 5.52 Å². The minimum absolute atomic E-state index is 0.0667. The highest BCUT2D eigenvalue weighted by Crippen LogP contribution is 2.63. The van der Waals surface area contributed by atoms with Gasteiger partial charge in [0.15, 0.2) is 0 Å². The van der Waals surface area contributed by atoms with E-state index in [1.165, 1.54) is 4.90 Å². The lowest BCUT2D eigenvalue weighted by atomic mass is 9.66. The molecular weight excluding hydrogens is 442 g/mol. The number of ether oxygens (including phenoxy) is 2. The van der Waals surface area contributed by atoms with Gasteiger partial charge in [0.05, 0.1) is 23.6 Å². The van der Waals surface area contributed by atoms with Crippen LogP contribution in [-0.4, -0.2) is 79.8 Å². The lowest BCUT2D eigenvalue weighted by Crippen LogP contribution is -2.55. The van der Waals surface area contributed by atoms with Gasteiger partial charge in [0, 0.05) is 13.2 Å². The van der Waals surface area contributed by atoms with Crippen molar-refractivity contribution in [1.82, 2.24) is 25.2 Å². The smallest absolute Gasteiger partial charge is 0.312 e. The Hall–Kier alpha value is -3.05. The maximum Gasteiger partial charge on any atom is 0.312 e. The average molecular weight is 472 g/mol. The number of rotatable bonds is 8. The van der Waals surface area contributed by atoms with Gasteiger partial charge in [0.1, 0.15) is 29.7 Å². The number of aromatic nitrogens is 3. The summed E-state index contributed by atoms with van der Waals surface area (Å²) in [5, 5.41) is 20.5. The molecule has 2 bridgehead atoms. The fourth-order valence-corrected chi connectivity index (χ4v) is 6.08. The van der Waals surface area contributed by atoms with Gasteiger partial charge < -0.3 is 24.8 Å². The van der Waals surface area contributed by atoms with E-state index in [4.69, 9.17) is 9.47 Å². The van der Waals surface area contributed by atoms with Crippen molar-refractivity contribution in [3.05, 3.63) is 24.3 Å². The minimum atomic E-state index is -1.12. The molecule has 0 aliphatic carbocycles. The normalized spacial score (nSPS) is 31.8. The molecule has 5 rings (SSSR count). The molecule has 3 aliphatic heterocycles. The Bertz CT molecular complexity index is 1140. The summed E-state index contributed by atoms with van der Waals surface area (Å²) in [6.45, 7) is 3.87. The first-order valence-corrected chi connectivity index (χ1v) is 11.7. The zero-order valence-corrected chi connectivity index (χ0v) is 19.3. The number of para-hydroxylation sites is 1. The third kappa shape index (κ3) is 3.21. The summed E-state index contributed by atoms with van der Waals surface area (Å²) in [6.07, 6.45) is 1.34. The van der Waals surface area contributed by atoms with Crippen molar-refractivity contribution >= 4 is 28.8 Å². The molecule has 34 heavy (non-hydrogen) atoms. The van der Waals surface area contributed by atoms with Gasteiger partial charge in [-0.15, -0.1) is 5.10 Å². The summed E-state index contributed by atoms with van der Waals surface area (Å²) in [5.74, 6) is -2.74. The number of nitrogens with zero attached hydrogens (tertiary/aromatic N) is 4. The molecule has 1 aromatic heterocycles. The van der Waals surface area contributed by atoms with Crippen LogP contribution in [0.4, 0.5) is 0 Å². The van der Waals surface area contributed by atoms with E-state index >= 15 is 0 Å². The zero-order chi connectivity index (χ0) is 24.1. The number of aliphatic hydroxyl groups excluding tert-OH is 1. The Balaban J connectivity index is 1.45. The van der Waals surface area contributed by atoms with E-state index in [2.05, 4.69) is 15.6 Å².